The summed E-state index contributed by atoms with van der Waals surface area (Å²) in [6.07, 6.45) is 5.06. The molecule has 0 aliphatic carbocycles. The average Bonchev–Trinajstić information content (AvgIpc) is 2.72. The van der Waals surface area contributed by atoms with Crippen molar-refractivity contribution in [1.82, 2.24) is 9.97 Å². The summed E-state index contributed by atoms with van der Waals surface area (Å²) in [5.74, 6) is 0.699. The molecule has 2 aromatic rings. The summed E-state index contributed by atoms with van der Waals surface area (Å²) in [6, 6.07) is 0. The number of unbranched alkanes of at least 4 members (excludes halogenated alkanes) is 2. The molecule has 0 amide bonds. The molecule has 0 atom stereocenters. The van der Waals surface area contributed by atoms with Crippen LogP contribution >= 0.6 is 11.3 Å². The number of thiophene rings is 1. The van der Waals surface area contributed by atoms with Crippen LogP contribution in [0.2, 0.25) is 0 Å². The number of fused-ring (bicyclic) bond motifs is 1. The van der Waals surface area contributed by atoms with E-state index >= 15 is 0 Å². The predicted molar refractivity (Wildman–Crippen MR) is 71.1 cm³/mol. The highest BCUT2D eigenvalue weighted by atomic mass is 32.1. The van der Waals surface area contributed by atoms with Gasteiger partial charge in [-0.3, -0.25) is 0 Å². The van der Waals surface area contributed by atoms with Crippen LogP contribution in [0.1, 0.15) is 31.7 Å². The Bertz CT molecular complexity index is 518. The van der Waals surface area contributed by atoms with Gasteiger partial charge >= 0.3 is 0 Å². The van der Waals surface area contributed by atoms with Crippen molar-refractivity contribution in [3.05, 3.63) is 17.3 Å². The predicted octanol–water partition coefficient (Wildman–Crippen LogP) is 4.27. The second kappa shape index (κ2) is 5.82. The Balaban J connectivity index is 2.13. The van der Waals surface area contributed by atoms with E-state index in [1.807, 2.05) is 6.92 Å². The van der Waals surface area contributed by atoms with Crippen LogP contribution in [0.5, 0.6) is 0 Å². The summed E-state index contributed by atoms with van der Waals surface area (Å²) >= 11 is 1.63. The van der Waals surface area contributed by atoms with E-state index in [0.29, 0.717) is 5.82 Å². The maximum absolute atomic E-state index is 4.26. The van der Waals surface area contributed by atoms with Gasteiger partial charge in [0.05, 0.1) is 16.8 Å². The first-order chi connectivity index (χ1) is 8.33. The molecule has 0 radical (unpaired) electrons. The van der Waals surface area contributed by atoms with Crippen molar-refractivity contribution < 1.29 is 0 Å². The molecule has 0 spiro atoms. The van der Waals surface area contributed by atoms with E-state index in [1.165, 1.54) is 18.4 Å². The van der Waals surface area contributed by atoms with Crippen molar-refractivity contribution in [3.8, 4) is 0 Å². The fraction of sp³-hybridized carbons (Fsp3) is 0.500. The quantitative estimate of drug-likeness (QED) is 0.586. The third kappa shape index (κ3) is 2.85. The number of rotatable bonds is 5. The smallest absolute Gasteiger partial charge is 0.195 e. The van der Waals surface area contributed by atoms with Crippen molar-refractivity contribution in [2.75, 3.05) is 6.54 Å². The van der Waals surface area contributed by atoms with Crippen LogP contribution in [0.25, 0.3) is 10.2 Å². The zero-order valence-electron chi connectivity index (χ0n) is 10.2. The molecule has 0 fully saturated rings. The van der Waals surface area contributed by atoms with Gasteiger partial charge in [0.25, 0.3) is 0 Å². The molecule has 17 heavy (non-hydrogen) atoms. The molecule has 0 N–H and O–H groups in total. The van der Waals surface area contributed by atoms with Crippen LogP contribution in [-0.2, 0) is 0 Å². The highest BCUT2D eigenvalue weighted by Crippen LogP contribution is 2.30. The van der Waals surface area contributed by atoms with Gasteiger partial charge < -0.3 is 0 Å². The van der Waals surface area contributed by atoms with Gasteiger partial charge in [0, 0.05) is 0 Å². The third-order valence-corrected chi connectivity index (χ3v) is 3.62. The van der Waals surface area contributed by atoms with Gasteiger partial charge in [-0.15, -0.1) is 16.5 Å². The average molecular weight is 248 g/mol. The second-order valence-corrected chi connectivity index (χ2v) is 4.85. The molecule has 0 aliphatic heterocycles. The van der Waals surface area contributed by atoms with E-state index in [2.05, 4.69) is 32.5 Å². The molecule has 90 valence electrons. The van der Waals surface area contributed by atoms with Crippen LogP contribution in [0, 0.1) is 6.92 Å². The van der Waals surface area contributed by atoms with E-state index in [9.17, 15) is 0 Å². The van der Waals surface area contributed by atoms with Crippen molar-refractivity contribution in [1.29, 1.82) is 0 Å². The number of azo groups is 1. The Morgan fingerprint density at radius 3 is 3.00 bits per heavy atom. The third-order valence-electron chi connectivity index (χ3n) is 2.54. The highest BCUT2D eigenvalue weighted by Gasteiger charge is 2.06. The standard InChI is InChI=1S/C12H16N4S/c1-3-4-5-6-15-16-12-11-10(13-8-14-12)9(2)7-17-11/h7-8H,3-6H2,1-2H3. The minimum Gasteiger partial charge on any atom is -0.235 e. The van der Waals surface area contributed by atoms with E-state index in [-0.39, 0.29) is 0 Å². The molecule has 0 saturated heterocycles. The Morgan fingerprint density at radius 1 is 1.29 bits per heavy atom. The Labute approximate surface area is 105 Å². The molecule has 0 bridgehead atoms. The lowest BCUT2D eigenvalue weighted by Gasteiger charge is -1.94. The van der Waals surface area contributed by atoms with Gasteiger partial charge in [-0.2, -0.15) is 5.11 Å². The molecular formula is C12H16N4S. The Morgan fingerprint density at radius 2 is 2.18 bits per heavy atom. The molecule has 0 unspecified atom stereocenters. The van der Waals surface area contributed by atoms with Gasteiger partial charge in [-0.05, 0) is 24.3 Å². The molecule has 4 nitrogen and oxygen atoms in total. The molecule has 2 aromatic heterocycles. The van der Waals surface area contributed by atoms with E-state index in [4.69, 9.17) is 0 Å². The molecule has 2 rings (SSSR count). The van der Waals surface area contributed by atoms with E-state index < -0.39 is 0 Å². The lowest BCUT2D eigenvalue weighted by molar-refractivity contribution is 0.712. The number of aromatic nitrogens is 2. The molecule has 2 heterocycles. The maximum Gasteiger partial charge on any atom is 0.195 e. The first-order valence-electron chi connectivity index (χ1n) is 5.89. The fourth-order valence-electron chi connectivity index (χ4n) is 1.58. The zero-order valence-corrected chi connectivity index (χ0v) is 11.0. The molecule has 5 heteroatoms. The van der Waals surface area contributed by atoms with Gasteiger partial charge in [0.15, 0.2) is 5.82 Å². The lowest BCUT2D eigenvalue weighted by atomic mass is 10.3. The minimum absolute atomic E-state index is 0.699. The van der Waals surface area contributed by atoms with Crippen LogP contribution in [0.4, 0.5) is 5.82 Å². The number of aryl methyl sites for hydroxylation is 1. The van der Waals surface area contributed by atoms with Gasteiger partial charge in [-0.1, -0.05) is 19.8 Å². The van der Waals surface area contributed by atoms with Crippen LogP contribution in [0.15, 0.2) is 21.9 Å². The van der Waals surface area contributed by atoms with Crippen molar-refractivity contribution in [3.63, 3.8) is 0 Å². The number of hydrogen-bond donors (Lipinski definition) is 0. The van der Waals surface area contributed by atoms with Crippen molar-refractivity contribution in [2.45, 2.75) is 33.1 Å². The molecular weight excluding hydrogens is 232 g/mol. The summed E-state index contributed by atoms with van der Waals surface area (Å²) in [5, 5.41) is 10.5. The SMILES string of the molecule is CCCCCN=Nc1ncnc2c(C)csc12. The van der Waals surface area contributed by atoms with E-state index in [1.54, 1.807) is 17.7 Å². The fourth-order valence-corrected chi connectivity index (χ4v) is 2.51. The number of nitrogens with zero attached hydrogens (tertiary/aromatic N) is 4. The number of hydrogen-bond acceptors (Lipinski definition) is 5. The van der Waals surface area contributed by atoms with Crippen LogP contribution < -0.4 is 0 Å². The van der Waals surface area contributed by atoms with Gasteiger partial charge in [0.2, 0.25) is 0 Å². The summed E-state index contributed by atoms with van der Waals surface area (Å²) in [6.45, 7) is 5.01. The maximum atomic E-state index is 4.26. The van der Waals surface area contributed by atoms with Crippen LogP contribution in [-0.4, -0.2) is 16.5 Å². The zero-order chi connectivity index (χ0) is 12.1. The monoisotopic (exact) mass is 248 g/mol. The highest BCUT2D eigenvalue weighted by molar-refractivity contribution is 7.17. The minimum atomic E-state index is 0.699. The Hall–Kier alpha value is -1.36. The summed E-state index contributed by atoms with van der Waals surface area (Å²) in [4.78, 5) is 8.43. The van der Waals surface area contributed by atoms with Gasteiger partial charge in [0.1, 0.15) is 6.33 Å². The molecule has 0 aromatic carbocycles. The normalized spacial score (nSPS) is 11.6. The Kier molecular flexibility index (Phi) is 4.14. The first kappa shape index (κ1) is 12.1. The van der Waals surface area contributed by atoms with Crippen LogP contribution in [0.3, 0.4) is 0 Å². The molecule has 0 saturated carbocycles. The largest absolute Gasteiger partial charge is 0.235 e. The topological polar surface area (TPSA) is 50.5 Å². The summed E-state index contributed by atoms with van der Waals surface area (Å²) < 4.78 is 1.03. The molecule has 0 aliphatic rings. The summed E-state index contributed by atoms with van der Waals surface area (Å²) in [5.41, 5.74) is 2.17. The second-order valence-electron chi connectivity index (χ2n) is 3.97. The summed E-state index contributed by atoms with van der Waals surface area (Å²) in [7, 11) is 0. The van der Waals surface area contributed by atoms with Crippen molar-refractivity contribution in [2.24, 2.45) is 10.2 Å². The van der Waals surface area contributed by atoms with Crippen molar-refractivity contribution >= 4 is 27.4 Å². The first-order valence-corrected chi connectivity index (χ1v) is 6.77. The van der Waals surface area contributed by atoms with Gasteiger partial charge in [-0.25, -0.2) is 9.97 Å². The lowest BCUT2D eigenvalue weighted by Crippen LogP contribution is -1.81. The van der Waals surface area contributed by atoms with E-state index in [0.717, 1.165) is 23.2 Å².